The fraction of sp³-hybridized carbons (Fsp3) is 0.0714. The largest absolute Gasteiger partial charge is 0.478 e. The maximum absolute atomic E-state index is 13.3. The van der Waals surface area contributed by atoms with Crippen molar-refractivity contribution in [2.24, 2.45) is 0 Å². The Labute approximate surface area is 237 Å². The summed E-state index contributed by atoms with van der Waals surface area (Å²) in [5.74, 6) is -1.29. The van der Waals surface area contributed by atoms with E-state index in [1.54, 1.807) is 30.3 Å². The molecule has 0 aliphatic carbocycles. The molecule has 0 aliphatic heterocycles. The number of hydrogen-bond acceptors (Lipinski definition) is 6. The van der Waals surface area contributed by atoms with Gasteiger partial charge in [0, 0.05) is 28.8 Å². The van der Waals surface area contributed by atoms with Crippen LogP contribution in [-0.4, -0.2) is 41.5 Å². The molecule has 10 nitrogen and oxygen atoms in total. The van der Waals surface area contributed by atoms with E-state index in [4.69, 9.17) is 28.3 Å². The number of aryl methyl sites for hydroxylation is 1. The number of carboxylic acids is 1. The van der Waals surface area contributed by atoms with Gasteiger partial charge >= 0.3 is 5.97 Å². The molecule has 0 saturated heterocycles. The molecule has 2 aromatic heterocycles. The van der Waals surface area contributed by atoms with Crippen LogP contribution in [0, 0.1) is 0 Å². The average molecular weight is 575 g/mol. The smallest absolute Gasteiger partial charge is 0.335 e. The normalized spacial score (nSPS) is 10.8. The molecule has 0 spiro atoms. The van der Waals surface area contributed by atoms with Crippen LogP contribution in [0.3, 0.4) is 0 Å². The van der Waals surface area contributed by atoms with Crippen LogP contribution in [0.4, 0.5) is 5.69 Å². The van der Waals surface area contributed by atoms with Crippen molar-refractivity contribution in [1.82, 2.24) is 24.5 Å². The van der Waals surface area contributed by atoms with Gasteiger partial charge in [0.05, 0.1) is 28.8 Å². The van der Waals surface area contributed by atoms with Gasteiger partial charge in [-0.3, -0.25) is 14.2 Å². The molecule has 0 radical (unpaired) electrons. The number of benzene rings is 3. The summed E-state index contributed by atoms with van der Waals surface area (Å²) >= 11 is 12.2. The molecule has 0 aliphatic rings. The lowest BCUT2D eigenvalue weighted by molar-refractivity contribution is -0.116. The van der Waals surface area contributed by atoms with Crippen LogP contribution in [0.1, 0.15) is 22.3 Å². The summed E-state index contributed by atoms with van der Waals surface area (Å²) in [6.45, 7) is 0. The van der Waals surface area contributed by atoms with Crippen LogP contribution in [0.15, 0.2) is 90.1 Å². The van der Waals surface area contributed by atoms with E-state index in [0.29, 0.717) is 39.8 Å². The maximum Gasteiger partial charge on any atom is 0.335 e. The van der Waals surface area contributed by atoms with Gasteiger partial charge in [-0.05, 0) is 60.5 Å². The minimum absolute atomic E-state index is 0.131. The summed E-state index contributed by atoms with van der Waals surface area (Å²) in [6, 6.07) is 19.7. The topological polar surface area (TPSA) is 132 Å². The van der Waals surface area contributed by atoms with Gasteiger partial charge in [0.2, 0.25) is 5.91 Å². The molecule has 5 aromatic rings. The van der Waals surface area contributed by atoms with E-state index in [0.717, 1.165) is 5.56 Å². The number of carbonyl (C=O) groups is 2. The summed E-state index contributed by atoms with van der Waals surface area (Å²) < 4.78 is 2.89. The minimum Gasteiger partial charge on any atom is -0.478 e. The zero-order valence-corrected chi connectivity index (χ0v) is 22.2. The Bertz CT molecular complexity index is 1780. The standard InChI is InChI=1S/C28H20Cl2N6O4/c29-19-8-11-24(36-15-25(30)33-34-36)21(13-19)22-14-27(38)35(16-31-22)23-4-2-1-3-17(23)7-12-26(37)32-20-9-5-18(6-10-20)28(39)40/h1-6,8-11,13-16H,7,12H2,(H,32,37)(H,39,40). The molecule has 2 N–H and O–H groups in total. The van der Waals surface area contributed by atoms with E-state index < -0.39 is 5.97 Å². The first-order valence-corrected chi connectivity index (χ1v) is 12.7. The van der Waals surface area contributed by atoms with Crippen molar-refractivity contribution in [1.29, 1.82) is 0 Å². The Balaban J connectivity index is 1.37. The van der Waals surface area contributed by atoms with Crippen LogP contribution >= 0.6 is 23.2 Å². The molecule has 0 atom stereocenters. The van der Waals surface area contributed by atoms with E-state index >= 15 is 0 Å². The fourth-order valence-corrected chi connectivity index (χ4v) is 4.43. The van der Waals surface area contributed by atoms with Crippen LogP contribution in [-0.2, 0) is 11.2 Å². The number of rotatable bonds is 8. The Hall–Kier alpha value is -4.80. The molecule has 0 unspecified atom stereocenters. The molecule has 12 heteroatoms. The van der Waals surface area contributed by atoms with Gasteiger partial charge in [0.25, 0.3) is 5.56 Å². The van der Waals surface area contributed by atoms with Crippen molar-refractivity contribution in [3.8, 4) is 22.6 Å². The number of nitrogens with one attached hydrogen (secondary N) is 1. The highest BCUT2D eigenvalue weighted by atomic mass is 35.5. The molecule has 0 saturated carbocycles. The van der Waals surface area contributed by atoms with E-state index in [1.807, 2.05) is 12.1 Å². The molecule has 1 amide bonds. The number of carboxylic acid groups (broad SMARTS) is 1. The summed E-state index contributed by atoms with van der Waals surface area (Å²) in [6.07, 6.45) is 3.46. The van der Waals surface area contributed by atoms with Crippen molar-refractivity contribution in [2.75, 3.05) is 5.32 Å². The number of carbonyl (C=O) groups excluding carboxylic acids is 1. The van der Waals surface area contributed by atoms with Gasteiger partial charge in [-0.15, -0.1) is 5.10 Å². The number of hydrogen-bond donors (Lipinski definition) is 2. The lowest BCUT2D eigenvalue weighted by atomic mass is 10.1. The van der Waals surface area contributed by atoms with Gasteiger partial charge in [-0.2, -0.15) is 0 Å². The maximum atomic E-state index is 13.3. The first kappa shape index (κ1) is 26.8. The zero-order chi connectivity index (χ0) is 28.2. The fourth-order valence-electron chi connectivity index (χ4n) is 4.13. The highest BCUT2D eigenvalue weighted by molar-refractivity contribution is 6.31. The van der Waals surface area contributed by atoms with Gasteiger partial charge in [-0.25, -0.2) is 14.5 Å². The molecule has 40 heavy (non-hydrogen) atoms. The van der Waals surface area contributed by atoms with Gasteiger partial charge < -0.3 is 10.4 Å². The number of anilines is 1. The molecule has 200 valence electrons. The lowest BCUT2D eigenvalue weighted by Gasteiger charge is -2.13. The van der Waals surface area contributed by atoms with Gasteiger partial charge in [0.1, 0.15) is 6.33 Å². The van der Waals surface area contributed by atoms with E-state index in [9.17, 15) is 14.4 Å². The molecule has 0 bridgehead atoms. The van der Waals surface area contributed by atoms with Crippen molar-refractivity contribution in [2.45, 2.75) is 12.8 Å². The van der Waals surface area contributed by atoms with Crippen molar-refractivity contribution in [3.05, 3.63) is 117 Å². The van der Waals surface area contributed by atoms with Crippen LogP contribution in [0.5, 0.6) is 0 Å². The molecule has 0 fully saturated rings. The first-order valence-electron chi connectivity index (χ1n) is 12.0. The average Bonchev–Trinajstić information content (AvgIpc) is 3.38. The molecule has 5 rings (SSSR count). The number of nitrogens with zero attached hydrogens (tertiary/aromatic N) is 5. The Morgan fingerprint density at radius 3 is 2.42 bits per heavy atom. The summed E-state index contributed by atoms with van der Waals surface area (Å²) in [7, 11) is 0. The van der Waals surface area contributed by atoms with Gasteiger partial charge in [-0.1, -0.05) is 46.6 Å². The highest BCUT2D eigenvalue weighted by Crippen LogP contribution is 2.28. The summed E-state index contributed by atoms with van der Waals surface area (Å²) in [5.41, 5.74) is 3.21. The highest BCUT2D eigenvalue weighted by Gasteiger charge is 2.15. The van der Waals surface area contributed by atoms with Crippen LogP contribution in [0.25, 0.3) is 22.6 Å². The second-order valence-corrected chi connectivity index (χ2v) is 9.51. The minimum atomic E-state index is -1.04. The second-order valence-electron chi connectivity index (χ2n) is 8.69. The predicted octanol–water partition coefficient (Wildman–Crippen LogP) is 5.06. The van der Waals surface area contributed by atoms with Gasteiger partial charge in [0.15, 0.2) is 5.15 Å². The molecular formula is C28H20Cl2N6O4. The lowest BCUT2D eigenvalue weighted by Crippen LogP contribution is -2.20. The number of aromatic nitrogens is 5. The molecular weight excluding hydrogens is 555 g/mol. The quantitative estimate of drug-likeness (QED) is 0.265. The third-order valence-corrected chi connectivity index (χ3v) is 6.45. The summed E-state index contributed by atoms with van der Waals surface area (Å²) in [4.78, 5) is 41.4. The third-order valence-electron chi connectivity index (χ3n) is 6.04. The summed E-state index contributed by atoms with van der Waals surface area (Å²) in [5, 5.41) is 20.2. The van der Waals surface area contributed by atoms with Crippen molar-refractivity contribution < 1.29 is 14.7 Å². The number of halogens is 2. The first-order chi connectivity index (χ1) is 19.3. The number of para-hydroxylation sites is 1. The Morgan fingerprint density at radius 2 is 1.73 bits per heavy atom. The zero-order valence-electron chi connectivity index (χ0n) is 20.7. The molecule has 2 heterocycles. The van der Waals surface area contributed by atoms with Crippen molar-refractivity contribution in [3.63, 3.8) is 0 Å². The van der Waals surface area contributed by atoms with E-state index in [1.165, 1.54) is 52.1 Å². The Kier molecular flexibility index (Phi) is 7.72. The van der Waals surface area contributed by atoms with Crippen LogP contribution < -0.4 is 10.9 Å². The van der Waals surface area contributed by atoms with Crippen LogP contribution in [0.2, 0.25) is 10.2 Å². The number of amides is 1. The Morgan fingerprint density at radius 1 is 0.950 bits per heavy atom. The predicted molar refractivity (Wildman–Crippen MR) is 151 cm³/mol. The number of aromatic carboxylic acids is 1. The van der Waals surface area contributed by atoms with E-state index in [-0.39, 0.29) is 28.6 Å². The second kappa shape index (κ2) is 11.5. The monoisotopic (exact) mass is 574 g/mol. The SMILES string of the molecule is O=C(CCc1ccccc1-n1cnc(-c2cc(Cl)ccc2-n2cc(Cl)nn2)cc1=O)Nc1ccc(C(=O)O)cc1. The van der Waals surface area contributed by atoms with E-state index in [2.05, 4.69) is 20.6 Å². The molecule has 3 aromatic carbocycles. The van der Waals surface area contributed by atoms with Crippen molar-refractivity contribution >= 4 is 40.8 Å². The third kappa shape index (κ3) is 5.93.